The molecule has 1 aliphatic heterocycles. The Morgan fingerprint density at radius 2 is 2.19 bits per heavy atom. The maximum absolute atomic E-state index is 10.6. The molecule has 0 unspecified atom stereocenters. The molecule has 3 heteroatoms. The molecule has 1 fully saturated rings. The average molecular weight is 218 g/mol. The predicted molar refractivity (Wildman–Crippen MR) is 64.1 cm³/mol. The van der Waals surface area contributed by atoms with Gasteiger partial charge in [-0.25, -0.2) is 0 Å². The SMILES string of the molecule is O=C[C@H]1CN[C@@H](CNCc2ccccc2)C1. The summed E-state index contributed by atoms with van der Waals surface area (Å²) in [6.07, 6.45) is 2.02. The number of hydrogen-bond donors (Lipinski definition) is 2. The Hall–Kier alpha value is -1.19. The first kappa shape index (κ1) is 11.3. The molecule has 1 heterocycles. The van der Waals surface area contributed by atoms with Gasteiger partial charge in [0.15, 0.2) is 0 Å². The Kier molecular flexibility index (Phi) is 4.08. The monoisotopic (exact) mass is 218 g/mol. The van der Waals surface area contributed by atoms with Gasteiger partial charge in [0, 0.05) is 31.6 Å². The van der Waals surface area contributed by atoms with E-state index in [1.807, 2.05) is 18.2 Å². The van der Waals surface area contributed by atoms with Crippen molar-refractivity contribution in [3.8, 4) is 0 Å². The Bertz CT molecular complexity index is 326. The average Bonchev–Trinajstić information content (AvgIpc) is 2.78. The molecule has 0 radical (unpaired) electrons. The standard InChI is InChI=1S/C13H18N2O/c16-10-12-6-13(15-8-12)9-14-7-11-4-2-1-3-5-11/h1-5,10,12-15H,6-9H2/t12-,13-/m1/s1. The number of carbonyl (C=O) groups excluding carboxylic acids is 1. The van der Waals surface area contributed by atoms with Crippen molar-refractivity contribution in [2.75, 3.05) is 13.1 Å². The van der Waals surface area contributed by atoms with E-state index in [9.17, 15) is 4.79 Å². The van der Waals surface area contributed by atoms with Crippen LogP contribution in [0.15, 0.2) is 30.3 Å². The number of benzene rings is 1. The van der Waals surface area contributed by atoms with Crippen molar-refractivity contribution in [1.29, 1.82) is 0 Å². The summed E-state index contributed by atoms with van der Waals surface area (Å²) >= 11 is 0. The first-order valence-electron chi connectivity index (χ1n) is 5.82. The molecule has 1 aliphatic rings. The third-order valence-electron chi connectivity index (χ3n) is 3.01. The summed E-state index contributed by atoms with van der Waals surface area (Å²) in [5.41, 5.74) is 1.30. The molecule has 0 aromatic heterocycles. The van der Waals surface area contributed by atoms with Crippen molar-refractivity contribution in [2.45, 2.75) is 19.0 Å². The van der Waals surface area contributed by atoms with E-state index in [4.69, 9.17) is 0 Å². The van der Waals surface area contributed by atoms with Crippen molar-refractivity contribution >= 4 is 6.29 Å². The van der Waals surface area contributed by atoms with Crippen molar-refractivity contribution in [1.82, 2.24) is 10.6 Å². The molecule has 1 aromatic rings. The summed E-state index contributed by atoms with van der Waals surface area (Å²) < 4.78 is 0. The molecule has 0 bridgehead atoms. The smallest absolute Gasteiger partial charge is 0.124 e. The molecule has 1 saturated heterocycles. The minimum Gasteiger partial charge on any atom is -0.312 e. The Morgan fingerprint density at radius 3 is 2.88 bits per heavy atom. The van der Waals surface area contributed by atoms with Crippen LogP contribution in [0, 0.1) is 5.92 Å². The van der Waals surface area contributed by atoms with Crippen LogP contribution in [0.5, 0.6) is 0 Å². The van der Waals surface area contributed by atoms with Crippen molar-refractivity contribution in [3.05, 3.63) is 35.9 Å². The Balaban J connectivity index is 1.67. The van der Waals surface area contributed by atoms with Gasteiger partial charge in [-0.15, -0.1) is 0 Å². The number of aldehydes is 1. The lowest BCUT2D eigenvalue weighted by Gasteiger charge is -2.11. The van der Waals surface area contributed by atoms with E-state index in [1.165, 1.54) is 5.56 Å². The molecular formula is C13H18N2O. The highest BCUT2D eigenvalue weighted by Gasteiger charge is 2.22. The zero-order valence-corrected chi connectivity index (χ0v) is 9.36. The summed E-state index contributed by atoms with van der Waals surface area (Å²) in [5, 5.41) is 6.76. The summed E-state index contributed by atoms with van der Waals surface area (Å²) in [6.45, 7) is 2.66. The normalized spacial score (nSPS) is 24.5. The zero-order chi connectivity index (χ0) is 11.2. The van der Waals surface area contributed by atoms with Gasteiger partial charge in [0.25, 0.3) is 0 Å². The van der Waals surface area contributed by atoms with E-state index in [-0.39, 0.29) is 5.92 Å². The van der Waals surface area contributed by atoms with Gasteiger partial charge in [-0.05, 0) is 12.0 Å². The van der Waals surface area contributed by atoms with Crippen molar-refractivity contribution in [2.24, 2.45) is 5.92 Å². The Labute approximate surface area is 96.2 Å². The molecule has 2 atom stereocenters. The fourth-order valence-corrected chi connectivity index (χ4v) is 2.10. The molecule has 0 aliphatic carbocycles. The molecule has 0 saturated carbocycles. The second-order valence-electron chi connectivity index (χ2n) is 4.35. The van der Waals surface area contributed by atoms with E-state index in [2.05, 4.69) is 22.8 Å². The highest BCUT2D eigenvalue weighted by Crippen LogP contribution is 2.10. The first-order chi connectivity index (χ1) is 7.88. The number of hydrogen-bond acceptors (Lipinski definition) is 3. The van der Waals surface area contributed by atoms with Gasteiger partial charge in [-0.3, -0.25) is 0 Å². The quantitative estimate of drug-likeness (QED) is 0.723. The van der Waals surface area contributed by atoms with E-state index in [0.29, 0.717) is 6.04 Å². The second-order valence-corrected chi connectivity index (χ2v) is 4.35. The van der Waals surface area contributed by atoms with Crippen LogP contribution in [0.1, 0.15) is 12.0 Å². The minimum atomic E-state index is 0.212. The molecule has 3 nitrogen and oxygen atoms in total. The van der Waals surface area contributed by atoms with Crippen LogP contribution in [-0.2, 0) is 11.3 Å². The van der Waals surface area contributed by atoms with Gasteiger partial charge in [0.2, 0.25) is 0 Å². The number of nitrogens with one attached hydrogen (secondary N) is 2. The van der Waals surface area contributed by atoms with Crippen LogP contribution in [0.3, 0.4) is 0 Å². The predicted octanol–water partition coefficient (Wildman–Crippen LogP) is 0.953. The highest BCUT2D eigenvalue weighted by molar-refractivity contribution is 5.54. The van der Waals surface area contributed by atoms with Crippen molar-refractivity contribution in [3.63, 3.8) is 0 Å². The molecule has 16 heavy (non-hydrogen) atoms. The highest BCUT2D eigenvalue weighted by atomic mass is 16.1. The minimum absolute atomic E-state index is 0.212. The lowest BCUT2D eigenvalue weighted by atomic mass is 10.1. The first-order valence-corrected chi connectivity index (χ1v) is 5.82. The zero-order valence-electron chi connectivity index (χ0n) is 9.36. The van der Waals surface area contributed by atoms with Crippen LogP contribution in [0.2, 0.25) is 0 Å². The number of carbonyl (C=O) groups is 1. The summed E-state index contributed by atoms with van der Waals surface area (Å²) in [4.78, 5) is 10.6. The molecule has 2 N–H and O–H groups in total. The van der Waals surface area contributed by atoms with Crippen LogP contribution in [0.25, 0.3) is 0 Å². The summed E-state index contributed by atoms with van der Waals surface area (Å²) in [7, 11) is 0. The lowest BCUT2D eigenvalue weighted by Crippen LogP contribution is -2.33. The largest absolute Gasteiger partial charge is 0.312 e. The van der Waals surface area contributed by atoms with Gasteiger partial charge in [0.05, 0.1) is 0 Å². The molecular weight excluding hydrogens is 200 g/mol. The third-order valence-corrected chi connectivity index (χ3v) is 3.01. The van der Waals surface area contributed by atoms with Gasteiger partial charge in [-0.1, -0.05) is 30.3 Å². The third kappa shape index (κ3) is 3.15. The maximum Gasteiger partial charge on any atom is 0.124 e. The van der Waals surface area contributed by atoms with E-state index in [1.54, 1.807) is 0 Å². The van der Waals surface area contributed by atoms with Crippen LogP contribution >= 0.6 is 0 Å². The molecule has 0 spiro atoms. The van der Waals surface area contributed by atoms with E-state index < -0.39 is 0 Å². The maximum atomic E-state index is 10.6. The van der Waals surface area contributed by atoms with E-state index >= 15 is 0 Å². The topological polar surface area (TPSA) is 41.1 Å². The van der Waals surface area contributed by atoms with Crippen LogP contribution in [-0.4, -0.2) is 25.4 Å². The molecule has 0 amide bonds. The molecule has 1 aromatic carbocycles. The van der Waals surface area contributed by atoms with Gasteiger partial charge < -0.3 is 15.4 Å². The van der Waals surface area contributed by atoms with Gasteiger partial charge in [-0.2, -0.15) is 0 Å². The van der Waals surface area contributed by atoms with Crippen molar-refractivity contribution < 1.29 is 4.79 Å². The number of rotatable bonds is 5. The van der Waals surface area contributed by atoms with Gasteiger partial charge >= 0.3 is 0 Å². The Morgan fingerprint density at radius 1 is 1.38 bits per heavy atom. The van der Waals surface area contributed by atoms with Gasteiger partial charge in [0.1, 0.15) is 6.29 Å². The van der Waals surface area contributed by atoms with E-state index in [0.717, 1.165) is 32.3 Å². The van der Waals surface area contributed by atoms with Crippen LogP contribution in [0.4, 0.5) is 0 Å². The van der Waals surface area contributed by atoms with Crippen LogP contribution < -0.4 is 10.6 Å². The second kappa shape index (κ2) is 5.77. The lowest BCUT2D eigenvalue weighted by molar-refractivity contribution is -0.110. The fraction of sp³-hybridized carbons (Fsp3) is 0.462. The fourth-order valence-electron chi connectivity index (χ4n) is 2.10. The summed E-state index contributed by atoms with van der Waals surface area (Å²) in [5.74, 6) is 0.212. The molecule has 86 valence electrons. The molecule has 2 rings (SSSR count). The summed E-state index contributed by atoms with van der Waals surface area (Å²) in [6, 6.07) is 10.8.